The van der Waals surface area contributed by atoms with Crippen LogP contribution >= 0.6 is 12.2 Å². The van der Waals surface area contributed by atoms with Crippen molar-refractivity contribution in [3.8, 4) is 0 Å². The Hall–Kier alpha value is -1.73. The van der Waals surface area contributed by atoms with Crippen LogP contribution in [-0.2, 0) is 0 Å². The van der Waals surface area contributed by atoms with Gasteiger partial charge in [0, 0.05) is 12.6 Å². The molecule has 20 heavy (non-hydrogen) atoms. The number of nitrogens with zero attached hydrogens (tertiary/aromatic N) is 2. The van der Waals surface area contributed by atoms with Crippen molar-refractivity contribution in [2.24, 2.45) is 0 Å². The van der Waals surface area contributed by atoms with Crippen molar-refractivity contribution < 1.29 is 10.0 Å². The fourth-order valence-corrected chi connectivity index (χ4v) is 2.73. The molecular weight excluding hydrogens is 278 g/mol. The molecule has 2 N–H and O–H groups in total. The smallest absolute Gasteiger partial charge is 0.292 e. The van der Waals surface area contributed by atoms with E-state index in [1.165, 1.54) is 6.07 Å². The van der Waals surface area contributed by atoms with Gasteiger partial charge in [-0.3, -0.25) is 10.1 Å². The lowest BCUT2D eigenvalue weighted by Gasteiger charge is -2.36. The van der Waals surface area contributed by atoms with Crippen molar-refractivity contribution in [2.75, 3.05) is 18.5 Å². The van der Waals surface area contributed by atoms with Crippen LogP contribution in [0.3, 0.4) is 0 Å². The first kappa shape index (κ1) is 14.7. The van der Waals surface area contributed by atoms with Crippen LogP contribution in [0.25, 0.3) is 0 Å². The van der Waals surface area contributed by atoms with Crippen LogP contribution in [0.2, 0.25) is 0 Å². The van der Waals surface area contributed by atoms with Gasteiger partial charge in [-0.15, -0.1) is 0 Å². The summed E-state index contributed by atoms with van der Waals surface area (Å²) in [5.41, 5.74) is 0.372. The number of likely N-dealkylation sites (tertiary alicyclic amines) is 1. The first-order valence-corrected chi connectivity index (χ1v) is 6.96. The highest BCUT2D eigenvalue weighted by molar-refractivity contribution is 7.80. The van der Waals surface area contributed by atoms with Crippen LogP contribution in [0, 0.1) is 10.1 Å². The highest BCUT2D eigenvalue weighted by atomic mass is 32.1. The summed E-state index contributed by atoms with van der Waals surface area (Å²) < 4.78 is 0. The molecule has 1 unspecified atom stereocenters. The van der Waals surface area contributed by atoms with Crippen LogP contribution in [0.5, 0.6) is 0 Å². The van der Waals surface area contributed by atoms with Crippen molar-refractivity contribution in [1.82, 2.24) is 4.90 Å². The van der Waals surface area contributed by atoms with E-state index in [-0.39, 0.29) is 18.3 Å². The van der Waals surface area contributed by atoms with Gasteiger partial charge in [0.15, 0.2) is 5.11 Å². The van der Waals surface area contributed by atoms with Crippen molar-refractivity contribution >= 4 is 28.7 Å². The zero-order valence-corrected chi connectivity index (χ0v) is 11.8. The summed E-state index contributed by atoms with van der Waals surface area (Å²) in [5, 5.41) is 23.7. The standard InChI is InChI=1S/C13H17N3O3S/c17-9-10-5-3-4-8-15(10)13(20)14-11-6-1-2-7-12(11)16(18)19/h1-2,6-7,10,17H,3-5,8-9H2,(H,14,20). The molecule has 1 fully saturated rings. The molecule has 6 nitrogen and oxygen atoms in total. The summed E-state index contributed by atoms with van der Waals surface area (Å²) in [6.45, 7) is 0.802. The number of aliphatic hydroxyl groups is 1. The zero-order chi connectivity index (χ0) is 14.5. The van der Waals surface area contributed by atoms with Crippen molar-refractivity contribution in [2.45, 2.75) is 25.3 Å². The molecule has 7 heteroatoms. The monoisotopic (exact) mass is 295 g/mol. The summed E-state index contributed by atoms with van der Waals surface area (Å²) in [6, 6.07) is 6.39. The van der Waals surface area contributed by atoms with Crippen molar-refractivity contribution in [3.05, 3.63) is 34.4 Å². The van der Waals surface area contributed by atoms with Gasteiger partial charge in [-0.2, -0.15) is 0 Å². The number of hydrogen-bond donors (Lipinski definition) is 2. The average Bonchev–Trinajstić information content (AvgIpc) is 2.47. The highest BCUT2D eigenvalue weighted by Crippen LogP contribution is 2.25. The highest BCUT2D eigenvalue weighted by Gasteiger charge is 2.25. The number of aliphatic hydroxyl groups excluding tert-OH is 1. The van der Waals surface area contributed by atoms with Crippen LogP contribution in [0.4, 0.5) is 11.4 Å². The third kappa shape index (κ3) is 3.23. The van der Waals surface area contributed by atoms with E-state index < -0.39 is 4.92 Å². The van der Waals surface area contributed by atoms with Gasteiger partial charge in [0.1, 0.15) is 5.69 Å². The summed E-state index contributed by atoms with van der Waals surface area (Å²) in [5.74, 6) is 0. The van der Waals surface area contributed by atoms with Crippen LogP contribution in [0.15, 0.2) is 24.3 Å². The molecule has 1 aromatic rings. The average molecular weight is 295 g/mol. The molecule has 1 aliphatic heterocycles. The van der Waals surface area contributed by atoms with Gasteiger partial charge in [-0.25, -0.2) is 0 Å². The van der Waals surface area contributed by atoms with E-state index in [1.54, 1.807) is 18.2 Å². The Morgan fingerprint density at radius 1 is 1.50 bits per heavy atom. The number of nitrogens with one attached hydrogen (secondary N) is 1. The van der Waals surface area contributed by atoms with E-state index in [9.17, 15) is 15.2 Å². The molecular formula is C13H17N3O3S. The van der Waals surface area contributed by atoms with Crippen LogP contribution < -0.4 is 5.32 Å². The van der Waals surface area contributed by atoms with Gasteiger partial charge in [0.2, 0.25) is 0 Å². The maximum atomic E-state index is 11.0. The number of para-hydroxylation sites is 2. The van der Waals surface area contributed by atoms with Crippen molar-refractivity contribution in [3.63, 3.8) is 0 Å². The molecule has 1 aliphatic rings. The fourth-order valence-electron chi connectivity index (χ4n) is 2.38. The maximum absolute atomic E-state index is 11.0. The first-order valence-electron chi connectivity index (χ1n) is 6.55. The number of thiocarbonyl (C=S) groups is 1. The summed E-state index contributed by atoms with van der Waals surface area (Å²) >= 11 is 5.33. The minimum atomic E-state index is -0.440. The molecule has 0 aliphatic carbocycles. The molecule has 2 rings (SSSR count). The number of hydrogen-bond acceptors (Lipinski definition) is 4. The minimum absolute atomic E-state index is 0.00703. The molecule has 0 amide bonds. The predicted octanol–water partition coefficient (Wildman–Crippen LogP) is 2.14. The molecule has 0 bridgehead atoms. The number of rotatable bonds is 3. The lowest BCUT2D eigenvalue weighted by atomic mass is 10.0. The molecule has 1 aromatic carbocycles. The Morgan fingerprint density at radius 3 is 2.95 bits per heavy atom. The normalized spacial score (nSPS) is 18.6. The van der Waals surface area contributed by atoms with Gasteiger partial charge in [-0.1, -0.05) is 12.1 Å². The number of benzene rings is 1. The number of nitro benzene ring substituents is 1. The topological polar surface area (TPSA) is 78.6 Å². The first-order chi connectivity index (χ1) is 9.63. The molecule has 0 saturated carbocycles. The lowest BCUT2D eigenvalue weighted by Crippen LogP contribution is -2.47. The summed E-state index contributed by atoms with van der Waals surface area (Å²) in [6.07, 6.45) is 2.96. The van der Waals surface area contributed by atoms with E-state index in [0.29, 0.717) is 10.8 Å². The van der Waals surface area contributed by atoms with E-state index in [2.05, 4.69) is 5.32 Å². The molecule has 1 saturated heterocycles. The van der Waals surface area contributed by atoms with Gasteiger partial charge in [0.05, 0.1) is 17.6 Å². The van der Waals surface area contributed by atoms with E-state index in [1.807, 2.05) is 4.90 Å². The summed E-state index contributed by atoms with van der Waals surface area (Å²) in [7, 11) is 0. The molecule has 1 heterocycles. The molecule has 0 radical (unpaired) electrons. The lowest BCUT2D eigenvalue weighted by molar-refractivity contribution is -0.383. The number of nitro groups is 1. The minimum Gasteiger partial charge on any atom is -0.394 e. The Morgan fingerprint density at radius 2 is 2.25 bits per heavy atom. The van der Waals surface area contributed by atoms with Gasteiger partial charge >= 0.3 is 0 Å². The van der Waals surface area contributed by atoms with Crippen molar-refractivity contribution in [1.29, 1.82) is 0 Å². The molecule has 0 aromatic heterocycles. The van der Waals surface area contributed by atoms with Gasteiger partial charge < -0.3 is 15.3 Å². The maximum Gasteiger partial charge on any atom is 0.292 e. The number of piperidine rings is 1. The quantitative estimate of drug-likeness (QED) is 0.505. The Labute approximate surface area is 122 Å². The predicted molar refractivity (Wildman–Crippen MR) is 80.7 cm³/mol. The SMILES string of the molecule is O=[N+]([O-])c1ccccc1NC(=S)N1CCCCC1CO. The molecule has 108 valence electrons. The van der Waals surface area contributed by atoms with E-state index >= 15 is 0 Å². The van der Waals surface area contributed by atoms with Crippen LogP contribution in [0.1, 0.15) is 19.3 Å². The second kappa shape index (κ2) is 6.62. The fraction of sp³-hybridized carbons (Fsp3) is 0.462. The van der Waals surface area contributed by atoms with Gasteiger partial charge in [-0.05, 0) is 37.5 Å². The largest absolute Gasteiger partial charge is 0.394 e. The Bertz CT molecular complexity index is 509. The third-order valence-electron chi connectivity index (χ3n) is 3.44. The van der Waals surface area contributed by atoms with E-state index in [0.717, 1.165) is 25.8 Å². The summed E-state index contributed by atoms with van der Waals surface area (Å²) in [4.78, 5) is 12.4. The number of anilines is 1. The Balaban J connectivity index is 2.13. The van der Waals surface area contributed by atoms with E-state index in [4.69, 9.17) is 12.2 Å². The second-order valence-electron chi connectivity index (χ2n) is 4.73. The Kier molecular flexibility index (Phi) is 4.86. The third-order valence-corrected chi connectivity index (χ3v) is 3.78. The molecule has 1 atom stereocenters. The molecule has 0 spiro atoms. The van der Waals surface area contributed by atoms with Crippen LogP contribution in [-0.4, -0.2) is 39.2 Å². The van der Waals surface area contributed by atoms with Gasteiger partial charge in [0.25, 0.3) is 5.69 Å². The second-order valence-corrected chi connectivity index (χ2v) is 5.12. The zero-order valence-electron chi connectivity index (χ0n) is 11.0.